The van der Waals surface area contributed by atoms with Crippen LogP contribution >= 0.6 is 11.6 Å². The van der Waals surface area contributed by atoms with Crippen LogP contribution in [0.25, 0.3) is 0 Å². The second-order valence-corrected chi connectivity index (χ2v) is 6.59. The summed E-state index contributed by atoms with van der Waals surface area (Å²) in [6.45, 7) is 3.92. The van der Waals surface area contributed by atoms with E-state index in [1.807, 2.05) is 0 Å². The van der Waals surface area contributed by atoms with Gasteiger partial charge in [-0.15, -0.1) is 0 Å². The Balaban J connectivity index is 2.27. The number of halogens is 1. The van der Waals surface area contributed by atoms with Gasteiger partial charge in [0.1, 0.15) is 6.04 Å². The SMILES string of the molecule is CC(C)C(=O)Nc1ccc(Cl)c(C(=O)N2CCCCC2C(=O)O)c1. The number of aliphatic carboxylic acids is 1. The Bertz CT molecular complexity index is 660. The zero-order valence-corrected chi connectivity index (χ0v) is 14.5. The lowest BCUT2D eigenvalue weighted by atomic mass is 10.0. The smallest absolute Gasteiger partial charge is 0.326 e. The second kappa shape index (κ2) is 7.66. The third-order valence-corrected chi connectivity index (χ3v) is 4.37. The van der Waals surface area contributed by atoms with Crippen LogP contribution in [-0.4, -0.2) is 40.4 Å². The Morgan fingerprint density at radius 3 is 2.62 bits per heavy atom. The highest BCUT2D eigenvalue weighted by molar-refractivity contribution is 6.34. The van der Waals surface area contributed by atoms with Crippen LogP contribution in [0.3, 0.4) is 0 Å². The first-order valence-electron chi connectivity index (χ1n) is 7.95. The number of carboxylic acid groups (broad SMARTS) is 1. The number of anilines is 1. The van der Waals surface area contributed by atoms with E-state index in [0.717, 1.165) is 12.8 Å². The van der Waals surface area contributed by atoms with Crippen LogP contribution in [0.1, 0.15) is 43.5 Å². The number of carbonyl (C=O) groups excluding carboxylic acids is 2. The highest BCUT2D eigenvalue weighted by atomic mass is 35.5. The molecule has 1 heterocycles. The van der Waals surface area contributed by atoms with Crippen LogP contribution < -0.4 is 5.32 Å². The summed E-state index contributed by atoms with van der Waals surface area (Å²) in [7, 11) is 0. The normalized spacial score (nSPS) is 17.7. The molecule has 1 aliphatic heterocycles. The fourth-order valence-corrected chi connectivity index (χ4v) is 2.84. The van der Waals surface area contributed by atoms with Crippen molar-refractivity contribution >= 4 is 35.1 Å². The molecule has 0 spiro atoms. The van der Waals surface area contributed by atoms with Gasteiger partial charge >= 0.3 is 5.97 Å². The number of benzene rings is 1. The fourth-order valence-electron chi connectivity index (χ4n) is 2.64. The molecule has 130 valence electrons. The van der Waals surface area contributed by atoms with Crippen molar-refractivity contribution in [3.05, 3.63) is 28.8 Å². The van der Waals surface area contributed by atoms with E-state index < -0.39 is 17.9 Å². The van der Waals surface area contributed by atoms with E-state index in [9.17, 15) is 19.5 Å². The maximum Gasteiger partial charge on any atom is 0.326 e. The molecule has 2 rings (SSSR count). The third kappa shape index (κ3) is 4.06. The van der Waals surface area contributed by atoms with Gasteiger partial charge in [0.15, 0.2) is 0 Å². The highest BCUT2D eigenvalue weighted by Gasteiger charge is 2.33. The van der Waals surface area contributed by atoms with E-state index in [1.54, 1.807) is 19.9 Å². The van der Waals surface area contributed by atoms with Gasteiger partial charge in [-0.3, -0.25) is 9.59 Å². The Labute approximate surface area is 145 Å². The van der Waals surface area contributed by atoms with Crippen LogP contribution in [0, 0.1) is 5.92 Å². The summed E-state index contributed by atoms with van der Waals surface area (Å²) in [5.74, 6) is -1.80. The van der Waals surface area contributed by atoms with Gasteiger partial charge in [-0.05, 0) is 37.5 Å². The highest BCUT2D eigenvalue weighted by Crippen LogP contribution is 2.26. The molecule has 7 heteroatoms. The molecule has 1 atom stereocenters. The summed E-state index contributed by atoms with van der Waals surface area (Å²) in [6, 6.07) is 3.81. The summed E-state index contributed by atoms with van der Waals surface area (Å²) in [5, 5.41) is 12.3. The van der Waals surface area contributed by atoms with Crippen LogP contribution in [0.5, 0.6) is 0 Å². The third-order valence-electron chi connectivity index (χ3n) is 4.04. The number of nitrogens with one attached hydrogen (secondary N) is 1. The molecule has 1 aromatic carbocycles. The molecule has 0 aromatic heterocycles. The lowest BCUT2D eigenvalue weighted by molar-refractivity contribution is -0.143. The summed E-state index contributed by atoms with van der Waals surface area (Å²) in [6.07, 6.45) is 1.97. The van der Waals surface area contributed by atoms with Gasteiger partial charge in [-0.25, -0.2) is 4.79 Å². The minimum Gasteiger partial charge on any atom is -0.480 e. The maximum absolute atomic E-state index is 12.8. The summed E-state index contributed by atoms with van der Waals surface area (Å²) in [4.78, 5) is 37.3. The van der Waals surface area contributed by atoms with Gasteiger partial charge in [0.25, 0.3) is 5.91 Å². The molecule has 2 amide bonds. The lowest BCUT2D eigenvalue weighted by Crippen LogP contribution is -2.48. The topological polar surface area (TPSA) is 86.7 Å². The second-order valence-electron chi connectivity index (χ2n) is 6.19. The van der Waals surface area contributed by atoms with E-state index in [0.29, 0.717) is 18.7 Å². The number of rotatable bonds is 4. The average Bonchev–Trinajstić information content (AvgIpc) is 2.55. The summed E-state index contributed by atoms with van der Waals surface area (Å²) < 4.78 is 0. The minimum absolute atomic E-state index is 0.169. The first kappa shape index (κ1) is 18.3. The maximum atomic E-state index is 12.8. The molecule has 2 N–H and O–H groups in total. The van der Waals surface area contributed by atoms with Gasteiger partial charge in [0.05, 0.1) is 10.6 Å². The molecule has 0 saturated carbocycles. The van der Waals surface area contributed by atoms with Crippen molar-refractivity contribution in [2.45, 2.75) is 39.2 Å². The van der Waals surface area contributed by atoms with Crippen molar-refractivity contribution in [3.8, 4) is 0 Å². The number of amides is 2. The Morgan fingerprint density at radius 2 is 2.00 bits per heavy atom. The van der Waals surface area contributed by atoms with E-state index in [2.05, 4.69) is 5.32 Å². The van der Waals surface area contributed by atoms with Crippen molar-refractivity contribution in [1.29, 1.82) is 0 Å². The fraction of sp³-hybridized carbons (Fsp3) is 0.471. The standard InChI is InChI=1S/C17H21ClN2O4/c1-10(2)15(21)19-11-6-7-13(18)12(9-11)16(22)20-8-4-3-5-14(20)17(23)24/h6-7,9-10,14H,3-5,8H2,1-2H3,(H,19,21)(H,23,24). The van der Waals surface area contributed by atoms with Crippen molar-refractivity contribution in [2.75, 3.05) is 11.9 Å². The first-order chi connectivity index (χ1) is 11.3. The van der Waals surface area contributed by atoms with Gasteiger partial charge in [-0.2, -0.15) is 0 Å². The number of hydrogen-bond donors (Lipinski definition) is 2. The number of piperidine rings is 1. The largest absolute Gasteiger partial charge is 0.480 e. The molecular formula is C17H21ClN2O4. The van der Waals surface area contributed by atoms with Gasteiger partial charge in [0.2, 0.25) is 5.91 Å². The van der Waals surface area contributed by atoms with Crippen LogP contribution in [-0.2, 0) is 9.59 Å². The Hall–Kier alpha value is -2.08. The monoisotopic (exact) mass is 352 g/mol. The predicted molar refractivity (Wildman–Crippen MR) is 91.2 cm³/mol. The summed E-state index contributed by atoms with van der Waals surface area (Å²) >= 11 is 6.13. The van der Waals surface area contributed by atoms with Crippen molar-refractivity contribution < 1.29 is 19.5 Å². The first-order valence-corrected chi connectivity index (χ1v) is 8.33. The molecule has 0 radical (unpaired) electrons. The molecule has 24 heavy (non-hydrogen) atoms. The molecule has 1 fully saturated rings. The molecule has 0 bridgehead atoms. The lowest BCUT2D eigenvalue weighted by Gasteiger charge is -2.33. The van der Waals surface area contributed by atoms with Crippen LogP contribution in [0.2, 0.25) is 5.02 Å². The van der Waals surface area contributed by atoms with Gasteiger partial charge in [0, 0.05) is 18.2 Å². The number of carbonyl (C=O) groups is 3. The van der Waals surface area contributed by atoms with Gasteiger partial charge in [-0.1, -0.05) is 25.4 Å². The zero-order valence-electron chi connectivity index (χ0n) is 13.7. The van der Waals surface area contributed by atoms with E-state index in [-0.39, 0.29) is 22.4 Å². The van der Waals surface area contributed by atoms with Crippen LogP contribution in [0.15, 0.2) is 18.2 Å². The van der Waals surface area contributed by atoms with E-state index >= 15 is 0 Å². The molecule has 1 unspecified atom stereocenters. The molecular weight excluding hydrogens is 332 g/mol. The Morgan fingerprint density at radius 1 is 1.29 bits per heavy atom. The van der Waals surface area contributed by atoms with Crippen molar-refractivity contribution in [3.63, 3.8) is 0 Å². The Kier molecular flexibility index (Phi) is 5.83. The molecule has 0 aliphatic carbocycles. The molecule has 1 aromatic rings. The van der Waals surface area contributed by atoms with Crippen LogP contribution in [0.4, 0.5) is 5.69 Å². The van der Waals surface area contributed by atoms with E-state index in [1.165, 1.54) is 17.0 Å². The number of carboxylic acids is 1. The van der Waals surface area contributed by atoms with Gasteiger partial charge < -0.3 is 15.3 Å². The quantitative estimate of drug-likeness (QED) is 0.872. The molecule has 1 aliphatic rings. The number of likely N-dealkylation sites (tertiary alicyclic amines) is 1. The summed E-state index contributed by atoms with van der Waals surface area (Å²) in [5.41, 5.74) is 0.664. The van der Waals surface area contributed by atoms with E-state index in [4.69, 9.17) is 11.6 Å². The molecule has 1 saturated heterocycles. The number of hydrogen-bond acceptors (Lipinski definition) is 3. The zero-order chi connectivity index (χ0) is 17.9. The van der Waals surface area contributed by atoms with Crippen molar-refractivity contribution in [2.24, 2.45) is 5.92 Å². The minimum atomic E-state index is -1.01. The molecule has 6 nitrogen and oxygen atoms in total. The average molecular weight is 353 g/mol. The predicted octanol–water partition coefficient (Wildman–Crippen LogP) is 3.01. The van der Waals surface area contributed by atoms with Crippen molar-refractivity contribution in [1.82, 2.24) is 4.90 Å². The number of nitrogens with zero attached hydrogens (tertiary/aromatic N) is 1.